The van der Waals surface area contributed by atoms with Gasteiger partial charge in [0.2, 0.25) is 0 Å². The van der Waals surface area contributed by atoms with E-state index in [9.17, 15) is 9.18 Å². The molecule has 0 saturated heterocycles. The molecule has 1 heterocycles. The molecule has 86 valence electrons. The van der Waals surface area contributed by atoms with Crippen LogP contribution in [0.2, 0.25) is 0 Å². The Morgan fingerprint density at radius 3 is 2.94 bits per heavy atom. The molecule has 0 aliphatic rings. The van der Waals surface area contributed by atoms with Gasteiger partial charge in [0, 0.05) is 18.9 Å². The first kappa shape index (κ1) is 11.2. The van der Waals surface area contributed by atoms with Crippen molar-refractivity contribution in [1.29, 1.82) is 0 Å². The van der Waals surface area contributed by atoms with Crippen molar-refractivity contribution in [2.75, 3.05) is 0 Å². The van der Waals surface area contributed by atoms with Crippen LogP contribution in [0.25, 0.3) is 0 Å². The summed E-state index contributed by atoms with van der Waals surface area (Å²) in [5, 5.41) is 2.63. The third-order valence-corrected chi connectivity index (χ3v) is 2.14. The van der Waals surface area contributed by atoms with Crippen LogP contribution in [0.15, 0.2) is 42.9 Å². The minimum Gasteiger partial charge on any atom is -0.347 e. The van der Waals surface area contributed by atoms with Crippen molar-refractivity contribution < 1.29 is 9.18 Å². The molecule has 0 atom stereocenters. The van der Waals surface area contributed by atoms with Gasteiger partial charge in [0.05, 0.1) is 6.20 Å². The Labute approximate surface area is 97.5 Å². The Hall–Kier alpha value is -2.30. The highest BCUT2D eigenvalue weighted by Crippen LogP contribution is 2.03. The normalized spacial score (nSPS) is 9.94. The maximum Gasteiger partial charge on any atom is 0.271 e. The molecule has 2 aromatic rings. The van der Waals surface area contributed by atoms with Gasteiger partial charge in [0.25, 0.3) is 5.91 Å². The van der Waals surface area contributed by atoms with Gasteiger partial charge in [0.15, 0.2) is 0 Å². The van der Waals surface area contributed by atoms with Gasteiger partial charge >= 0.3 is 0 Å². The molecule has 1 aromatic heterocycles. The van der Waals surface area contributed by atoms with Crippen LogP contribution >= 0.6 is 0 Å². The highest BCUT2D eigenvalue weighted by Gasteiger charge is 2.06. The van der Waals surface area contributed by atoms with E-state index in [0.717, 1.165) is 0 Å². The summed E-state index contributed by atoms with van der Waals surface area (Å²) in [5.74, 6) is -0.654. The summed E-state index contributed by atoms with van der Waals surface area (Å²) in [7, 11) is 0. The lowest BCUT2D eigenvalue weighted by molar-refractivity contribution is 0.0945. The van der Waals surface area contributed by atoms with E-state index in [-0.39, 0.29) is 24.0 Å². The molecule has 0 aliphatic heterocycles. The van der Waals surface area contributed by atoms with E-state index in [0.29, 0.717) is 5.56 Å². The van der Waals surface area contributed by atoms with Crippen molar-refractivity contribution in [2.45, 2.75) is 6.54 Å². The molecule has 2 rings (SSSR count). The average molecular weight is 231 g/mol. The molecule has 1 N–H and O–H groups in total. The summed E-state index contributed by atoms with van der Waals surface area (Å²) in [6, 6.07) is 6.06. The number of hydrogen-bond donors (Lipinski definition) is 1. The van der Waals surface area contributed by atoms with Crippen LogP contribution < -0.4 is 5.32 Å². The number of benzene rings is 1. The van der Waals surface area contributed by atoms with Crippen molar-refractivity contribution in [3.8, 4) is 0 Å². The number of aromatic nitrogens is 2. The third kappa shape index (κ3) is 3.07. The predicted molar refractivity (Wildman–Crippen MR) is 59.6 cm³/mol. The van der Waals surface area contributed by atoms with E-state index in [2.05, 4.69) is 15.3 Å². The lowest BCUT2D eigenvalue weighted by Gasteiger charge is -2.04. The summed E-state index contributed by atoms with van der Waals surface area (Å²) in [4.78, 5) is 19.2. The van der Waals surface area contributed by atoms with Crippen molar-refractivity contribution in [3.63, 3.8) is 0 Å². The zero-order valence-corrected chi connectivity index (χ0v) is 8.93. The number of amides is 1. The lowest BCUT2D eigenvalue weighted by Crippen LogP contribution is -2.23. The Kier molecular flexibility index (Phi) is 3.40. The smallest absolute Gasteiger partial charge is 0.271 e. The van der Waals surface area contributed by atoms with Gasteiger partial charge in [-0.25, -0.2) is 9.37 Å². The van der Waals surface area contributed by atoms with E-state index in [1.54, 1.807) is 12.1 Å². The van der Waals surface area contributed by atoms with Gasteiger partial charge in [0.1, 0.15) is 11.5 Å². The molecule has 0 fully saturated rings. The molecule has 17 heavy (non-hydrogen) atoms. The molecule has 0 unspecified atom stereocenters. The molecule has 1 amide bonds. The summed E-state index contributed by atoms with van der Waals surface area (Å²) in [5.41, 5.74) is 0.936. The summed E-state index contributed by atoms with van der Waals surface area (Å²) < 4.78 is 12.9. The molecule has 0 radical (unpaired) electrons. The SMILES string of the molecule is O=C(NCc1cccc(F)c1)c1cnccn1. The maximum absolute atomic E-state index is 12.9. The Morgan fingerprint density at radius 1 is 1.35 bits per heavy atom. The van der Waals surface area contributed by atoms with Crippen LogP contribution in [0.4, 0.5) is 4.39 Å². The maximum atomic E-state index is 12.9. The number of carbonyl (C=O) groups is 1. The monoisotopic (exact) mass is 231 g/mol. The highest BCUT2D eigenvalue weighted by atomic mass is 19.1. The zero-order valence-electron chi connectivity index (χ0n) is 8.93. The number of nitrogens with zero attached hydrogens (tertiary/aromatic N) is 2. The lowest BCUT2D eigenvalue weighted by atomic mass is 10.2. The Bertz CT molecular complexity index is 516. The number of hydrogen-bond acceptors (Lipinski definition) is 3. The molecule has 1 aromatic carbocycles. The fraction of sp³-hybridized carbons (Fsp3) is 0.0833. The fourth-order valence-electron chi connectivity index (χ4n) is 1.34. The van der Waals surface area contributed by atoms with E-state index in [1.807, 2.05) is 0 Å². The van der Waals surface area contributed by atoms with Gasteiger partial charge in [-0.05, 0) is 17.7 Å². The molecular weight excluding hydrogens is 221 g/mol. The first-order valence-electron chi connectivity index (χ1n) is 5.04. The van der Waals surface area contributed by atoms with Gasteiger partial charge in [-0.3, -0.25) is 9.78 Å². The van der Waals surface area contributed by atoms with Crippen LogP contribution in [0.5, 0.6) is 0 Å². The van der Waals surface area contributed by atoms with Crippen LogP contribution in [-0.2, 0) is 6.54 Å². The second-order valence-electron chi connectivity index (χ2n) is 3.40. The molecule has 0 aliphatic carbocycles. The predicted octanol–water partition coefficient (Wildman–Crippen LogP) is 1.55. The van der Waals surface area contributed by atoms with E-state index in [4.69, 9.17) is 0 Å². The standard InChI is InChI=1S/C12H10FN3O/c13-10-3-1-2-9(6-10)7-16-12(17)11-8-14-4-5-15-11/h1-6,8H,7H2,(H,16,17). The van der Waals surface area contributed by atoms with Gasteiger partial charge in [-0.2, -0.15) is 0 Å². The summed E-state index contributed by atoms with van der Waals surface area (Å²) in [6.45, 7) is 0.257. The largest absolute Gasteiger partial charge is 0.347 e. The van der Waals surface area contributed by atoms with Crippen molar-refractivity contribution in [1.82, 2.24) is 15.3 Å². The fourth-order valence-corrected chi connectivity index (χ4v) is 1.34. The zero-order chi connectivity index (χ0) is 12.1. The number of nitrogens with one attached hydrogen (secondary N) is 1. The topological polar surface area (TPSA) is 54.9 Å². The molecule has 4 nitrogen and oxygen atoms in total. The van der Waals surface area contributed by atoms with Crippen molar-refractivity contribution in [3.05, 3.63) is 59.9 Å². The molecule has 0 spiro atoms. The second kappa shape index (κ2) is 5.16. The molecule has 5 heteroatoms. The third-order valence-electron chi connectivity index (χ3n) is 2.14. The summed E-state index contributed by atoms with van der Waals surface area (Å²) in [6.07, 6.45) is 4.31. The number of halogens is 1. The molecular formula is C12H10FN3O. The quantitative estimate of drug-likeness (QED) is 0.871. The van der Waals surface area contributed by atoms with E-state index < -0.39 is 0 Å². The minimum absolute atomic E-state index is 0.240. The highest BCUT2D eigenvalue weighted by molar-refractivity contribution is 5.91. The van der Waals surface area contributed by atoms with Crippen LogP contribution in [-0.4, -0.2) is 15.9 Å². The van der Waals surface area contributed by atoms with Gasteiger partial charge in [-0.1, -0.05) is 12.1 Å². The van der Waals surface area contributed by atoms with Gasteiger partial charge < -0.3 is 5.32 Å². The average Bonchev–Trinajstić information content (AvgIpc) is 2.37. The molecule has 0 saturated carbocycles. The first-order chi connectivity index (χ1) is 8.25. The first-order valence-corrected chi connectivity index (χ1v) is 5.04. The van der Waals surface area contributed by atoms with E-state index >= 15 is 0 Å². The van der Waals surface area contributed by atoms with E-state index in [1.165, 1.54) is 30.7 Å². The number of carbonyl (C=O) groups excluding carboxylic acids is 1. The van der Waals surface area contributed by atoms with Gasteiger partial charge in [-0.15, -0.1) is 0 Å². The number of rotatable bonds is 3. The van der Waals surface area contributed by atoms with Crippen LogP contribution in [0, 0.1) is 5.82 Å². The Morgan fingerprint density at radius 2 is 2.24 bits per heavy atom. The minimum atomic E-state index is -0.331. The van der Waals surface area contributed by atoms with Crippen molar-refractivity contribution >= 4 is 5.91 Å². The van der Waals surface area contributed by atoms with Crippen LogP contribution in [0.1, 0.15) is 16.1 Å². The summed E-state index contributed by atoms with van der Waals surface area (Å²) >= 11 is 0. The van der Waals surface area contributed by atoms with Crippen LogP contribution in [0.3, 0.4) is 0 Å². The molecule has 0 bridgehead atoms. The Balaban J connectivity index is 1.97. The van der Waals surface area contributed by atoms with Crippen molar-refractivity contribution in [2.24, 2.45) is 0 Å². The second-order valence-corrected chi connectivity index (χ2v) is 3.40.